The fourth-order valence-corrected chi connectivity index (χ4v) is 3.84. The first kappa shape index (κ1) is 16.7. The average molecular weight is 314 g/mol. The van der Waals surface area contributed by atoms with E-state index in [4.69, 9.17) is 5.11 Å². The Morgan fingerprint density at radius 2 is 1.83 bits per heavy atom. The maximum Gasteiger partial charge on any atom is 0.0556 e. The topological polar surface area (TPSA) is 44.3 Å². The van der Waals surface area contributed by atoms with Crippen molar-refractivity contribution in [2.75, 3.05) is 13.2 Å². The summed E-state index contributed by atoms with van der Waals surface area (Å²) in [5, 5.41) is 16.2. The van der Waals surface area contributed by atoms with Crippen molar-refractivity contribution in [2.24, 2.45) is 5.92 Å². The number of aliphatic hydroxyl groups excluding tert-OH is 1. The van der Waals surface area contributed by atoms with Gasteiger partial charge < -0.3 is 15.7 Å². The zero-order valence-corrected chi connectivity index (χ0v) is 14.2. The van der Waals surface area contributed by atoms with Gasteiger partial charge in [0, 0.05) is 24.7 Å². The van der Waals surface area contributed by atoms with Crippen molar-refractivity contribution in [1.29, 1.82) is 0 Å². The Balaban J connectivity index is 1.41. The third-order valence-corrected chi connectivity index (χ3v) is 5.29. The Morgan fingerprint density at radius 3 is 2.52 bits per heavy atom. The van der Waals surface area contributed by atoms with E-state index in [0.717, 1.165) is 12.5 Å². The second kappa shape index (κ2) is 8.09. The molecule has 0 saturated heterocycles. The van der Waals surface area contributed by atoms with Gasteiger partial charge >= 0.3 is 0 Å². The first-order valence-corrected chi connectivity index (χ1v) is 9.10. The van der Waals surface area contributed by atoms with Crippen LogP contribution in [0, 0.1) is 5.92 Å². The smallest absolute Gasteiger partial charge is 0.0556 e. The molecule has 2 aliphatic rings. The monoisotopic (exact) mass is 314 g/mol. The molecule has 0 amide bonds. The molecule has 0 bridgehead atoms. The minimum absolute atomic E-state index is 0.245. The van der Waals surface area contributed by atoms with Crippen LogP contribution in [0.4, 0.5) is 0 Å². The van der Waals surface area contributed by atoms with Crippen molar-refractivity contribution in [3.8, 4) is 0 Å². The molecule has 2 atom stereocenters. The minimum Gasteiger partial charge on any atom is -0.395 e. The van der Waals surface area contributed by atoms with Crippen molar-refractivity contribution in [2.45, 2.75) is 57.2 Å². The molecule has 0 spiro atoms. The van der Waals surface area contributed by atoms with E-state index < -0.39 is 0 Å². The highest BCUT2D eigenvalue weighted by Gasteiger charge is 2.39. The summed E-state index contributed by atoms with van der Waals surface area (Å²) in [4.78, 5) is 0. The number of nitrogens with one attached hydrogen (secondary N) is 2. The largest absolute Gasteiger partial charge is 0.395 e. The molecule has 3 N–H and O–H groups in total. The standard InChI is InChI=1S/C20H30N2O/c1-15(13-16-5-3-2-4-6-16)19-14-20(19)22-18-9-7-17(8-10-18)21-11-12-23/h2-6,13,17-23H,7-12,14H2,1H3/b15-13+. The third kappa shape index (κ3) is 4.90. The van der Waals surface area contributed by atoms with E-state index in [2.05, 4.69) is 54.0 Å². The quantitative estimate of drug-likeness (QED) is 0.725. The SMILES string of the molecule is C/C(=C\c1ccccc1)C1CC1NC1CCC(NCCO)CC1. The number of hydrogen-bond donors (Lipinski definition) is 3. The van der Waals surface area contributed by atoms with E-state index >= 15 is 0 Å². The summed E-state index contributed by atoms with van der Waals surface area (Å²) < 4.78 is 0. The van der Waals surface area contributed by atoms with Gasteiger partial charge in [-0.1, -0.05) is 42.0 Å². The average Bonchev–Trinajstić information content (AvgIpc) is 3.34. The van der Waals surface area contributed by atoms with Crippen LogP contribution >= 0.6 is 0 Å². The van der Waals surface area contributed by atoms with Gasteiger partial charge in [-0.3, -0.25) is 0 Å². The Bertz CT molecular complexity index is 506. The first-order chi connectivity index (χ1) is 11.3. The van der Waals surface area contributed by atoms with Crippen LogP contribution in [0.3, 0.4) is 0 Å². The summed E-state index contributed by atoms with van der Waals surface area (Å²) in [5.41, 5.74) is 2.82. The summed E-state index contributed by atoms with van der Waals surface area (Å²) in [6.45, 7) is 3.25. The molecular formula is C20H30N2O. The summed E-state index contributed by atoms with van der Waals surface area (Å²) in [5.74, 6) is 0.723. The fourth-order valence-electron chi connectivity index (χ4n) is 3.84. The van der Waals surface area contributed by atoms with E-state index in [9.17, 15) is 0 Å². The van der Waals surface area contributed by atoms with Crippen LogP contribution in [0.5, 0.6) is 0 Å². The highest BCUT2D eigenvalue weighted by molar-refractivity contribution is 5.53. The maximum atomic E-state index is 8.88. The molecule has 2 saturated carbocycles. The Labute approximate surface area is 140 Å². The minimum atomic E-state index is 0.245. The van der Waals surface area contributed by atoms with Gasteiger partial charge in [0.05, 0.1) is 6.61 Å². The molecule has 2 fully saturated rings. The molecule has 0 aromatic heterocycles. The molecular weight excluding hydrogens is 284 g/mol. The maximum absolute atomic E-state index is 8.88. The number of benzene rings is 1. The molecule has 126 valence electrons. The first-order valence-electron chi connectivity index (χ1n) is 9.10. The van der Waals surface area contributed by atoms with E-state index in [1.54, 1.807) is 0 Å². The number of hydrogen-bond acceptors (Lipinski definition) is 3. The Morgan fingerprint density at radius 1 is 1.13 bits per heavy atom. The van der Waals surface area contributed by atoms with Crippen LogP contribution in [0.2, 0.25) is 0 Å². The summed E-state index contributed by atoms with van der Waals surface area (Å²) in [6, 6.07) is 12.6. The highest BCUT2D eigenvalue weighted by Crippen LogP contribution is 2.39. The van der Waals surface area contributed by atoms with Crippen molar-refractivity contribution >= 4 is 6.08 Å². The van der Waals surface area contributed by atoms with Gasteiger partial charge in [-0.15, -0.1) is 0 Å². The van der Waals surface area contributed by atoms with Crippen molar-refractivity contribution < 1.29 is 5.11 Å². The predicted octanol–water partition coefficient (Wildman–Crippen LogP) is 2.96. The van der Waals surface area contributed by atoms with Crippen LogP contribution in [0.1, 0.15) is 44.6 Å². The van der Waals surface area contributed by atoms with E-state index in [1.807, 2.05) is 0 Å². The molecule has 23 heavy (non-hydrogen) atoms. The van der Waals surface area contributed by atoms with Gasteiger partial charge in [-0.25, -0.2) is 0 Å². The summed E-state index contributed by atoms with van der Waals surface area (Å²) in [7, 11) is 0. The fraction of sp³-hybridized carbons (Fsp3) is 0.600. The van der Waals surface area contributed by atoms with Crippen molar-refractivity contribution in [1.82, 2.24) is 10.6 Å². The van der Waals surface area contributed by atoms with Crippen molar-refractivity contribution in [3.05, 3.63) is 41.5 Å². The van der Waals surface area contributed by atoms with Crippen molar-refractivity contribution in [3.63, 3.8) is 0 Å². The molecule has 3 heteroatoms. The molecule has 0 radical (unpaired) electrons. The second-order valence-corrected chi connectivity index (χ2v) is 7.14. The molecule has 0 aliphatic heterocycles. The predicted molar refractivity (Wildman–Crippen MR) is 96.3 cm³/mol. The lowest BCUT2D eigenvalue weighted by molar-refractivity contribution is 0.258. The van der Waals surface area contributed by atoms with Gasteiger partial charge in [-0.05, 0) is 50.5 Å². The summed E-state index contributed by atoms with van der Waals surface area (Å²) in [6.07, 6.45) is 8.60. The van der Waals surface area contributed by atoms with Crippen LogP contribution in [-0.4, -0.2) is 36.4 Å². The molecule has 2 aliphatic carbocycles. The molecule has 2 unspecified atom stereocenters. The molecule has 1 aromatic carbocycles. The zero-order valence-electron chi connectivity index (χ0n) is 14.2. The van der Waals surface area contributed by atoms with Gasteiger partial charge in [-0.2, -0.15) is 0 Å². The Kier molecular flexibility index (Phi) is 5.87. The summed E-state index contributed by atoms with van der Waals surface area (Å²) >= 11 is 0. The zero-order chi connectivity index (χ0) is 16.1. The van der Waals surface area contributed by atoms with Gasteiger partial charge in [0.25, 0.3) is 0 Å². The molecule has 1 aromatic rings. The molecule has 3 rings (SSSR count). The van der Waals surface area contributed by atoms with E-state index in [0.29, 0.717) is 18.1 Å². The number of rotatable bonds is 7. The molecule has 3 nitrogen and oxygen atoms in total. The third-order valence-electron chi connectivity index (χ3n) is 5.29. The van der Waals surface area contributed by atoms with Gasteiger partial charge in [0.15, 0.2) is 0 Å². The van der Waals surface area contributed by atoms with Crippen LogP contribution < -0.4 is 10.6 Å². The van der Waals surface area contributed by atoms with Gasteiger partial charge in [0.2, 0.25) is 0 Å². The Hall–Kier alpha value is -1.16. The van der Waals surface area contributed by atoms with Crippen LogP contribution in [0.15, 0.2) is 35.9 Å². The highest BCUT2D eigenvalue weighted by atomic mass is 16.3. The van der Waals surface area contributed by atoms with E-state index in [-0.39, 0.29) is 6.61 Å². The van der Waals surface area contributed by atoms with E-state index in [1.165, 1.54) is 43.2 Å². The lowest BCUT2D eigenvalue weighted by Gasteiger charge is -2.30. The second-order valence-electron chi connectivity index (χ2n) is 7.14. The lowest BCUT2D eigenvalue weighted by Crippen LogP contribution is -2.41. The number of aliphatic hydroxyl groups is 1. The molecule has 0 heterocycles. The van der Waals surface area contributed by atoms with Crippen LogP contribution in [0.25, 0.3) is 6.08 Å². The van der Waals surface area contributed by atoms with Gasteiger partial charge in [0.1, 0.15) is 0 Å². The lowest BCUT2D eigenvalue weighted by atomic mass is 9.91. The normalized spacial score (nSPS) is 31.1. The van der Waals surface area contributed by atoms with Crippen LogP contribution in [-0.2, 0) is 0 Å².